The van der Waals surface area contributed by atoms with Crippen molar-refractivity contribution in [1.82, 2.24) is 14.9 Å². The SMILES string of the molecule is CCCCCCCCCOc1ccc(/C=N\n2c(SC)nnc(C)c2=O)c(Cl)c1. The Hall–Kier alpha value is -1.86. The fourth-order valence-electron chi connectivity index (χ4n) is 2.74. The van der Waals surface area contributed by atoms with Gasteiger partial charge in [-0.05, 0) is 37.8 Å². The number of unbranched alkanes of at least 4 members (excludes halogenated alkanes) is 6. The Morgan fingerprint density at radius 2 is 1.90 bits per heavy atom. The number of halogens is 1. The molecule has 1 heterocycles. The molecule has 0 saturated carbocycles. The molecule has 0 amide bonds. The molecule has 6 nitrogen and oxygen atoms in total. The Labute approximate surface area is 181 Å². The highest BCUT2D eigenvalue weighted by Crippen LogP contribution is 2.22. The van der Waals surface area contributed by atoms with Crippen LogP contribution in [0.3, 0.4) is 0 Å². The Kier molecular flexibility index (Phi) is 10.2. The Bertz CT molecular complexity index is 870. The molecule has 8 heteroatoms. The van der Waals surface area contributed by atoms with Crippen LogP contribution in [0.1, 0.15) is 63.1 Å². The number of benzene rings is 1. The van der Waals surface area contributed by atoms with Gasteiger partial charge < -0.3 is 4.74 Å². The zero-order chi connectivity index (χ0) is 21.1. The van der Waals surface area contributed by atoms with Crippen LogP contribution in [0.25, 0.3) is 0 Å². The number of aryl methyl sites for hydroxylation is 1. The van der Waals surface area contributed by atoms with Crippen LogP contribution in [-0.4, -0.2) is 34.0 Å². The molecule has 0 radical (unpaired) electrons. The molecule has 0 fully saturated rings. The first kappa shape index (κ1) is 23.4. The molecule has 0 aliphatic heterocycles. The average Bonchev–Trinajstić information content (AvgIpc) is 2.72. The maximum Gasteiger partial charge on any atom is 0.296 e. The van der Waals surface area contributed by atoms with Crippen molar-refractivity contribution < 1.29 is 4.74 Å². The van der Waals surface area contributed by atoms with Gasteiger partial charge in [0.2, 0.25) is 5.16 Å². The molecule has 0 unspecified atom stereocenters. The number of thioether (sulfide) groups is 1. The number of nitrogens with zero attached hydrogens (tertiary/aromatic N) is 4. The molecule has 0 saturated heterocycles. The first-order valence-corrected chi connectivity index (χ1v) is 11.6. The molecule has 29 heavy (non-hydrogen) atoms. The van der Waals surface area contributed by atoms with E-state index in [4.69, 9.17) is 16.3 Å². The second kappa shape index (κ2) is 12.6. The third-order valence-electron chi connectivity index (χ3n) is 4.45. The second-order valence-electron chi connectivity index (χ2n) is 6.79. The smallest absolute Gasteiger partial charge is 0.296 e. The Morgan fingerprint density at radius 3 is 2.59 bits per heavy atom. The molecular weight excluding hydrogens is 408 g/mol. The summed E-state index contributed by atoms with van der Waals surface area (Å²) < 4.78 is 7.03. The van der Waals surface area contributed by atoms with E-state index in [2.05, 4.69) is 22.2 Å². The molecule has 0 N–H and O–H groups in total. The second-order valence-corrected chi connectivity index (χ2v) is 7.97. The van der Waals surface area contributed by atoms with Crippen molar-refractivity contribution in [3.63, 3.8) is 0 Å². The molecular formula is C21H29ClN4O2S. The summed E-state index contributed by atoms with van der Waals surface area (Å²) in [5, 5.41) is 13.0. The van der Waals surface area contributed by atoms with Gasteiger partial charge >= 0.3 is 0 Å². The van der Waals surface area contributed by atoms with Crippen molar-refractivity contribution in [2.24, 2.45) is 5.10 Å². The zero-order valence-electron chi connectivity index (χ0n) is 17.4. The zero-order valence-corrected chi connectivity index (χ0v) is 18.9. The van der Waals surface area contributed by atoms with Crippen molar-refractivity contribution in [2.45, 2.75) is 63.9 Å². The minimum absolute atomic E-state index is 0.292. The van der Waals surface area contributed by atoms with Crippen molar-refractivity contribution in [1.29, 1.82) is 0 Å². The first-order chi connectivity index (χ1) is 14.1. The third-order valence-corrected chi connectivity index (χ3v) is 5.40. The summed E-state index contributed by atoms with van der Waals surface area (Å²) in [7, 11) is 0. The van der Waals surface area contributed by atoms with E-state index < -0.39 is 0 Å². The van der Waals surface area contributed by atoms with E-state index >= 15 is 0 Å². The van der Waals surface area contributed by atoms with Crippen LogP contribution in [0.2, 0.25) is 5.02 Å². The topological polar surface area (TPSA) is 69.4 Å². The highest BCUT2D eigenvalue weighted by Gasteiger charge is 2.08. The van der Waals surface area contributed by atoms with Gasteiger partial charge in [-0.1, -0.05) is 68.8 Å². The van der Waals surface area contributed by atoms with Gasteiger partial charge in [-0.25, -0.2) is 0 Å². The van der Waals surface area contributed by atoms with Gasteiger partial charge in [0.1, 0.15) is 11.4 Å². The molecule has 0 spiro atoms. The minimum Gasteiger partial charge on any atom is -0.494 e. The van der Waals surface area contributed by atoms with E-state index in [0.29, 0.717) is 28.0 Å². The molecule has 1 aromatic heterocycles. The lowest BCUT2D eigenvalue weighted by Gasteiger charge is -2.08. The summed E-state index contributed by atoms with van der Waals surface area (Å²) in [6.07, 6.45) is 12.1. The molecule has 1 aromatic carbocycles. The van der Waals surface area contributed by atoms with E-state index in [1.165, 1.54) is 55.0 Å². The molecule has 0 bridgehead atoms. The van der Waals surface area contributed by atoms with Crippen molar-refractivity contribution >= 4 is 29.6 Å². The quantitative estimate of drug-likeness (QED) is 0.255. The van der Waals surface area contributed by atoms with E-state index in [9.17, 15) is 4.79 Å². The number of ether oxygens (including phenoxy) is 1. The number of hydrogen-bond acceptors (Lipinski definition) is 6. The van der Waals surface area contributed by atoms with Crippen molar-refractivity contribution in [3.8, 4) is 5.75 Å². The monoisotopic (exact) mass is 436 g/mol. The number of aromatic nitrogens is 3. The van der Waals surface area contributed by atoms with Crippen LogP contribution in [0, 0.1) is 6.92 Å². The average molecular weight is 437 g/mol. The van der Waals surface area contributed by atoms with Crippen LogP contribution in [0.5, 0.6) is 5.75 Å². The predicted octanol–water partition coefficient (Wildman–Crippen LogP) is 5.33. The van der Waals surface area contributed by atoms with Gasteiger partial charge in [0.05, 0.1) is 17.8 Å². The molecule has 2 aromatic rings. The van der Waals surface area contributed by atoms with Crippen LogP contribution >= 0.6 is 23.4 Å². The van der Waals surface area contributed by atoms with Crippen molar-refractivity contribution in [3.05, 3.63) is 44.8 Å². The summed E-state index contributed by atoms with van der Waals surface area (Å²) in [6, 6.07) is 5.47. The fraction of sp³-hybridized carbons (Fsp3) is 0.524. The van der Waals surface area contributed by atoms with E-state index in [1.54, 1.807) is 19.2 Å². The van der Waals surface area contributed by atoms with Gasteiger partial charge in [-0.15, -0.1) is 10.2 Å². The van der Waals surface area contributed by atoms with Crippen LogP contribution in [-0.2, 0) is 0 Å². The summed E-state index contributed by atoms with van der Waals surface area (Å²) in [5.74, 6) is 0.738. The lowest BCUT2D eigenvalue weighted by molar-refractivity contribution is 0.304. The fourth-order valence-corrected chi connectivity index (χ4v) is 3.39. The highest BCUT2D eigenvalue weighted by atomic mass is 35.5. The van der Waals surface area contributed by atoms with Gasteiger partial charge in [-0.3, -0.25) is 4.79 Å². The van der Waals surface area contributed by atoms with Gasteiger partial charge in [0, 0.05) is 5.56 Å². The molecule has 0 aliphatic carbocycles. The lowest BCUT2D eigenvalue weighted by Crippen LogP contribution is -2.23. The molecule has 2 rings (SSSR count). The Balaban J connectivity index is 1.91. The standard InChI is InChI=1S/C21H29ClN4O2S/c1-4-5-6-7-8-9-10-13-28-18-12-11-17(19(22)14-18)15-23-26-20(27)16(2)24-25-21(26)29-3/h11-12,14-15H,4-10,13H2,1-3H3/b23-15-. The normalized spacial score (nSPS) is 11.3. The maximum atomic E-state index is 12.2. The van der Waals surface area contributed by atoms with Crippen molar-refractivity contribution in [2.75, 3.05) is 12.9 Å². The molecule has 158 valence electrons. The van der Waals surface area contributed by atoms with E-state index in [0.717, 1.165) is 12.2 Å². The Morgan fingerprint density at radius 1 is 1.17 bits per heavy atom. The first-order valence-electron chi connectivity index (χ1n) is 10.0. The van der Waals surface area contributed by atoms with E-state index in [-0.39, 0.29) is 5.56 Å². The molecule has 0 aliphatic rings. The summed E-state index contributed by atoms with van der Waals surface area (Å²) in [6.45, 7) is 4.52. The minimum atomic E-state index is -0.300. The van der Waals surface area contributed by atoms with E-state index in [1.807, 2.05) is 18.4 Å². The van der Waals surface area contributed by atoms with Crippen LogP contribution in [0.15, 0.2) is 33.3 Å². The highest BCUT2D eigenvalue weighted by molar-refractivity contribution is 7.98. The maximum absolute atomic E-state index is 12.2. The number of rotatable bonds is 12. The predicted molar refractivity (Wildman–Crippen MR) is 121 cm³/mol. The summed E-state index contributed by atoms with van der Waals surface area (Å²) >= 11 is 7.66. The van der Waals surface area contributed by atoms with Crippen LogP contribution < -0.4 is 10.3 Å². The van der Waals surface area contributed by atoms with Crippen LogP contribution in [0.4, 0.5) is 0 Å². The van der Waals surface area contributed by atoms with Gasteiger partial charge in [0.15, 0.2) is 0 Å². The third kappa shape index (κ3) is 7.48. The summed E-state index contributed by atoms with van der Waals surface area (Å²) in [5.41, 5.74) is 0.690. The largest absolute Gasteiger partial charge is 0.494 e. The summed E-state index contributed by atoms with van der Waals surface area (Å²) in [4.78, 5) is 12.2. The van der Waals surface area contributed by atoms with Gasteiger partial charge in [-0.2, -0.15) is 9.78 Å². The molecule has 0 atom stereocenters. The van der Waals surface area contributed by atoms with Gasteiger partial charge in [0.25, 0.3) is 5.56 Å². The number of hydrogen-bond donors (Lipinski definition) is 0. The lowest BCUT2D eigenvalue weighted by atomic mass is 10.1.